The summed E-state index contributed by atoms with van der Waals surface area (Å²) in [5.41, 5.74) is 0.991. The molecule has 1 atom stereocenters. The highest BCUT2D eigenvalue weighted by Gasteiger charge is 2.34. The number of hydrogen-bond donors (Lipinski definition) is 1. The smallest absolute Gasteiger partial charge is 0.420 e. The molecular formula is C17H17BrClF2O3PS. The molecule has 2 aromatic rings. The largest absolute Gasteiger partial charge is 0.442 e. The highest BCUT2D eigenvalue weighted by Crippen LogP contribution is 2.50. The van der Waals surface area contributed by atoms with Gasteiger partial charge < -0.3 is 9.42 Å². The summed E-state index contributed by atoms with van der Waals surface area (Å²) < 4.78 is 41.0. The van der Waals surface area contributed by atoms with E-state index in [4.69, 9.17) is 16.5 Å². The van der Waals surface area contributed by atoms with Crippen molar-refractivity contribution in [2.45, 2.75) is 30.3 Å². The summed E-state index contributed by atoms with van der Waals surface area (Å²) in [7, 11) is -4.97. The van der Waals surface area contributed by atoms with E-state index in [1.165, 1.54) is 11.0 Å². The van der Waals surface area contributed by atoms with Crippen LogP contribution in [-0.2, 0) is 11.0 Å². The van der Waals surface area contributed by atoms with Crippen LogP contribution in [0.5, 0.6) is 5.75 Å². The van der Waals surface area contributed by atoms with Gasteiger partial charge in [-0.1, -0.05) is 17.7 Å². The number of benzene rings is 2. The molecule has 0 aliphatic carbocycles. The highest BCUT2D eigenvalue weighted by atomic mass is 79.9. The van der Waals surface area contributed by atoms with E-state index in [0.717, 1.165) is 35.6 Å². The molecule has 3 nitrogen and oxygen atoms in total. The Morgan fingerprint density at radius 1 is 1.19 bits per heavy atom. The summed E-state index contributed by atoms with van der Waals surface area (Å²) in [6, 6.07) is 12.6. The molecule has 0 amide bonds. The van der Waals surface area contributed by atoms with Gasteiger partial charge in [0.1, 0.15) is 5.75 Å². The van der Waals surface area contributed by atoms with Crippen molar-refractivity contribution < 1.29 is 22.8 Å². The zero-order valence-electron chi connectivity index (χ0n) is 13.6. The van der Waals surface area contributed by atoms with Crippen LogP contribution < -0.4 is 4.52 Å². The topological polar surface area (TPSA) is 46.5 Å². The van der Waals surface area contributed by atoms with Crippen molar-refractivity contribution in [1.82, 2.24) is 0 Å². The molecule has 26 heavy (non-hydrogen) atoms. The average molecular weight is 486 g/mol. The highest BCUT2D eigenvalue weighted by molar-refractivity contribution is 9.10. The summed E-state index contributed by atoms with van der Waals surface area (Å²) >= 11 is 10.8. The van der Waals surface area contributed by atoms with E-state index in [1.54, 1.807) is 23.9 Å². The van der Waals surface area contributed by atoms with E-state index in [9.17, 15) is 13.3 Å². The molecule has 0 heterocycles. The van der Waals surface area contributed by atoms with E-state index in [1.807, 2.05) is 24.3 Å². The van der Waals surface area contributed by atoms with Crippen molar-refractivity contribution in [2.24, 2.45) is 0 Å². The molecule has 2 aromatic carbocycles. The van der Waals surface area contributed by atoms with Gasteiger partial charge in [0.05, 0.1) is 4.47 Å². The molecule has 142 valence electrons. The molecule has 0 spiro atoms. The first-order valence-corrected chi connectivity index (χ1v) is 11.6. The van der Waals surface area contributed by atoms with Gasteiger partial charge in [0, 0.05) is 9.92 Å². The average Bonchev–Trinajstić information content (AvgIpc) is 2.58. The number of aryl methyl sites for hydroxylation is 1. The molecule has 0 aliphatic heterocycles. The lowest BCUT2D eigenvalue weighted by Gasteiger charge is -2.14. The van der Waals surface area contributed by atoms with Gasteiger partial charge in [0.2, 0.25) is 0 Å². The third-order valence-corrected chi connectivity index (χ3v) is 6.34. The van der Waals surface area contributed by atoms with Gasteiger partial charge in [-0.05, 0) is 82.9 Å². The predicted octanol–water partition coefficient (Wildman–Crippen LogP) is 7.00. The Morgan fingerprint density at radius 2 is 1.88 bits per heavy atom. The first kappa shape index (κ1) is 21.7. The second-order valence-electron chi connectivity index (χ2n) is 5.46. The van der Waals surface area contributed by atoms with E-state index >= 15 is 0 Å². The Bertz CT molecular complexity index is 777. The number of alkyl halides is 2. The minimum Gasteiger partial charge on any atom is -0.420 e. The van der Waals surface area contributed by atoms with E-state index in [0.29, 0.717) is 4.47 Å². The van der Waals surface area contributed by atoms with Crippen molar-refractivity contribution in [2.75, 3.05) is 5.75 Å². The molecular weight excluding hydrogens is 469 g/mol. The minimum absolute atomic E-state index is 0.0711. The second-order valence-corrected chi connectivity index (χ2v) is 9.62. The monoisotopic (exact) mass is 484 g/mol. The van der Waals surface area contributed by atoms with Gasteiger partial charge in [0.15, 0.2) is 0 Å². The molecule has 1 N–H and O–H groups in total. The maximum Gasteiger partial charge on any atom is 0.442 e. The zero-order valence-corrected chi connectivity index (χ0v) is 17.6. The zero-order chi connectivity index (χ0) is 19.2. The quantitative estimate of drug-likeness (QED) is 0.236. The summed E-state index contributed by atoms with van der Waals surface area (Å²) in [6.45, 7) is 0. The van der Waals surface area contributed by atoms with Gasteiger partial charge in [-0.3, -0.25) is 0 Å². The summed E-state index contributed by atoms with van der Waals surface area (Å²) in [5, 5.41) is 0.721. The van der Waals surface area contributed by atoms with Crippen molar-refractivity contribution in [3.8, 4) is 5.75 Å². The number of unbranched alkanes of at least 4 members (excludes halogenated alkanes) is 1. The van der Waals surface area contributed by atoms with Crippen molar-refractivity contribution in [3.63, 3.8) is 0 Å². The van der Waals surface area contributed by atoms with Crippen LogP contribution in [0.2, 0.25) is 5.02 Å². The summed E-state index contributed by atoms with van der Waals surface area (Å²) in [4.78, 5) is 10.3. The molecule has 0 bridgehead atoms. The fourth-order valence-electron chi connectivity index (χ4n) is 2.11. The van der Waals surface area contributed by atoms with Crippen molar-refractivity contribution >= 4 is 46.9 Å². The predicted molar refractivity (Wildman–Crippen MR) is 106 cm³/mol. The van der Waals surface area contributed by atoms with Crippen molar-refractivity contribution in [1.29, 1.82) is 0 Å². The SMILES string of the molecule is O=P(O)(Oc1ccc(CCCCSc2ccc(Cl)cc2)cc1Br)C(F)F. The Hall–Kier alpha value is -0.590. The van der Waals surface area contributed by atoms with Gasteiger partial charge in [-0.2, -0.15) is 8.78 Å². The van der Waals surface area contributed by atoms with Crippen LogP contribution in [0.4, 0.5) is 8.78 Å². The maximum atomic E-state index is 12.4. The molecule has 0 aromatic heterocycles. The Kier molecular flexibility index (Phi) is 8.42. The molecule has 0 saturated heterocycles. The standard InChI is InChI=1S/C17H17BrClF2O3PS/c18-15-11-12(4-9-16(15)24-25(22,23)17(20)21)3-1-2-10-26-14-7-5-13(19)6-8-14/h4-9,11,17H,1-3,10H2,(H,22,23). The van der Waals surface area contributed by atoms with Crippen LogP contribution >= 0.6 is 46.9 Å². The minimum atomic E-state index is -4.97. The molecule has 9 heteroatoms. The third kappa shape index (κ3) is 6.86. The van der Waals surface area contributed by atoms with E-state index in [-0.39, 0.29) is 5.75 Å². The molecule has 0 fully saturated rings. The lowest BCUT2D eigenvalue weighted by molar-refractivity contribution is 0.188. The second kappa shape index (κ2) is 10.1. The van der Waals surface area contributed by atoms with Crippen molar-refractivity contribution in [3.05, 3.63) is 57.5 Å². The van der Waals surface area contributed by atoms with E-state index in [2.05, 4.69) is 20.5 Å². The number of halogens is 4. The summed E-state index contributed by atoms with van der Waals surface area (Å²) in [6.07, 6.45) is -0.651. The number of rotatable bonds is 9. The van der Waals surface area contributed by atoms with Gasteiger partial charge >= 0.3 is 13.8 Å². The van der Waals surface area contributed by atoms with Gasteiger partial charge in [-0.15, -0.1) is 11.8 Å². The Morgan fingerprint density at radius 3 is 2.50 bits per heavy atom. The first-order valence-electron chi connectivity index (χ1n) is 7.75. The van der Waals surface area contributed by atoms with E-state index < -0.39 is 13.8 Å². The molecule has 1 unspecified atom stereocenters. The van der Waals surface area contributed by atoms with Crippen LogP contribution in [0.3, 0.4) is 0 Å². The normalized spacial score (nSPS) is 13.6. The first-order chi connectivity index (χ1) is 12.3. The summed E-state index contributed by atoms with van der Waals surface area (Å²) in [5.74, 6) is 0.907. The molecule has 2 rings (SSSR count). The van der Waals surface area contributed by atoms with Crippen LogP contribution in [0.1, 0.15) is 18.4 Å². The van der Waals surface area contributed by atoms with Gasteiger partial charge in [-0.25, -0.2) is 4.57 Å². The maximum absolute atomic E-state index is 12.4. The number of thioether (sulfide) groups is 1. The molecule has 0 radical (unpaired) electrons. The molecule has 0 saturated carbocycles. The van der Waals surface area contributed by atoms with Crippen LogP contribution in [0.15, 0.2) is 51.8 Å². The van der Waals surface area contributed by atoms with Crippen LogP contribution in [0.25, 0.3) is 0 Å². The lowest BCUT2D eigenvalue weighted by atomic mass is 10.1. The molecule has 0 aliphatic rings. The number of hydrogen-bond acceptors (Lipinski definition) is 3. The van der Waals surface area contributed by atoms with Crippen LogP contribution in [-0.4, -0.2) is 16.8 Å². The van der Waals surface area contributed by atoms with Gasteiger partial charge in [0.25, 0.3) is 0 Å². The fourth-order valence-corrected chi connectivity index (χ4v) is 4.30. The Balaban J connectivity index is 1.78. The Labute approximate surface area is 168 Å². The fraction of sp³-hybridized carbons (Fsp3) is 0.294. The lowest BCUT2D eigenvalue weighted by Crippen LogP contribution is -2.01. The van der Waals surface area contributed by atoms with Crippen LogP contribution in [0, 0.1) is 0 Å². The third-order valence-electron chi connectivity index (χ3n) is 3.41.